The molecule has 0 aliphatic heterocycles. The van der Waals surface area contributed by atoms with Crippen LogP contribution >= 0.6 is 11.6 Å². The minimum Gasteiger partial charge on any atom is -0.251 e. The Bertz CT molecular complexity index is 387. The predicted octanol–water partition coefficient (Wildman–Crippen LogP) is 0.452. The summed E-state index contributed by atoms with van der Waals surface area (Å²) < 4.78 is 23.8. The molecule has 0 saturated heterocycles. The van der Waals surface area contributed by atoms with Gasteiger partial charge >= 0.3 is 0 Å². The first-order valence-corrected chi connectivity index (χ1v) is 6.58. The van der Waals surface area contributed by atoms with Crippen LogP contribution in [0.5, 0.6) is 0 Å². The Morgan fingerprint density at radius 3 is 2.79 bits per heavy atom. The van der Waals surface area contributed by atoms with Gasteiger partial charge in [0, 0.05) is 11.9 Å². The fourth-order valence-corrected chi connectivity index (χ4v) is 1.76. The molecule has 7 heteroatoms. The summed E-state index contributed by atoms with van der Waals surface area (Å²) in [7, 11) is -2.94. The zero-order valence-corrected chi connectivity index (χ0v) is 9.42. The molecule has 0 aliphatic rings. The number of halogens is 1. The van der Waals surface area contributed by atoms with Gasteiger partial charge in [-0.3, -0.25) is 4.68 Å². The molecule has 0 bridgehead atoms. The van der Waals surface area contributed by atoms with Crippen LogP contribution in [0.3, 0.4) is 0 Å². The van der Waals surface area contributed by atoms with Gasteiger partial charge in [0.2, 0.25) is 0 Å². The van der Waals surface area contributed by atoms with E-state index in [1.54, 1.807) is 13.1 Å². The fraction of sp³-hybridized carbons (Fsp3) is 0.714. The fourth-order valence-electron chi connectivity index (χ4n) is 0.886. The van der Waals surface area contributed by atoms with Crippen LogP contribution in [0, 0.1) is 0 Å². The molecule has 0 fully saturated rings. The van der Waals surface area contributed by atoms with E-state index >= 15 is 0 Å². The van der Waals surface area contributed by atoms with Crippen molar-refractivity contribution in [1.82, 2.24) is 15.0 Å². The average molecular weight is 238 g/mol. The van der Waals surface area contributed by atoms with Crippen LogP contribution in [-0.2, 0) is 22.3 Å². The smallest absolute Gasteiger partial charge is 0.151 e. The van der Waals surface area contributed by atoms with Gasteiger partial charge in [-0.15, -0.1) is 16.7 Å². The lowest BCUT2D eigenvalue weighted by molar-refractivity contribution is 0.576. The van der Waals surface area contributed by atoms with E-state index in [1.165, 1.54) is 4.68 Å². The molecule has 0 amide bonds. The second kappa shape index (κ2) is 4.75. The van der Waals surface area contributed by atoms with Gasteiger partial charge in [-0.1, -0.05) is 12.1 Å². The minimum absolute atomic E-state index is 0.0919. The maximum Gasteiger partial charge on any atom is 0.151 e. The molecule has 0 unspecified atom stereocenters. The van der Waals surface area contributed by atoms with Crippen LogP contribution in [-0.4, -0.2) is 34.9 Å². The molecule has 0 atom stereocenters. The SMILES string of the molecule is CCS(=O)(=O)CCn1cc(CCl)nn1. The summed E-state index contributed by atoms with van der Waals surface area (Å²) in [6.07, 6.45) is 1.65. The van der Waals surface area contributed by atoms with Gasteiger partial charge in [0.25, 0.3) is 0 Å². The Labute approximate surface area is 88.0 Å². The number of rotatable bonds is 5. The summed E-state index contributed by atoms with van der Waals surface area (Å²) >= 11 is 5.52. The number of aryl methyl sites for hydroxylation is 1. The Hall–Kier alpha value is -0.620. The molecule has 1 aromatic heterocycles. The molecule has 80 valence electrons. The number of nitrogens with zero attached hydrogens (tertiary/aromatic N) is 3. The number of hydrogen-bond donors (Lipinski definition) is 0. The largest absolute Gasteiger partial charge is 0.251 e. The van der Waals surface area contributed by atoms with E-state index in [1.807, 2.05) is 0 Å². The van der Waals surface area contributed by atoms with E-state index in [2.05, 4.69) is 10.3 Å². The lowest BCUT2D eigenvalue weighted by Crippen LogP contribution is -2.14. The van der Waals surface area contributed by atoms with Crippen LogP contribution in [0.15, 0.2) is 6.20 Å². The van der Waals surface area contributed by atoms with E-state index < -0.39 is 9.84 Å². The number of sulfone groups is 1. The summed E-state index contributed by atoms with van der Waals surface area (Å²) in [6.45, 7) is 1.96. The molecule has 0 N–H and O–H groups in total. The molecule has 1 aromatic rings. The van der Waals surface area contributed by atoms with Crippen molar-refractivity contribution in [2.75, 3.05) is 11.5 Å². The van der Waals surface area contributed by atoms with E-state index in [0.717, 1.165) is 0 Å². The predicted molar refractivity (Wildman–Crippen MR) is 53.9 cm³/mol. The molecule has 5 nitrogen and oxygen atoms in total. The summed E-state index contributed by atoms with van der Waals surface area (Å²) in [5, 5.41) is 7.49. The van der Waals surface area contributed by atoms with Gasteiger partial charge in [0.05, 0.1) is 23.9 Å². The van der Waals surface area contributed by atoms with Crippen molar-refractivity contribution in [1.29, 1.82) is 0 Å². The third-order valence-electron chi connectivity index (χ3n) is 1.79. The van der Waals surface area contributed by atoms with Crippen molar-refractivity contribution in [3.05, 3.63) is 11.9 Å². The summed E-state index contributed by atoms with van der Waals surface area (Å²) in [6, 6.07) is 0. The molecule has 0 aliphatic carbocycles. The topological polar surface area (TPSA) is 64.8 Å². The molecule has 1 rings (SSSR count). The Morgan fingerprint density at radius 2 is 2.29 bits per heavy atom. The second-order valence-corrected chi connectivity index (χ2v) is 5.58. The lowest BCUT2D eigenvalue weighted by Gasteiger charge is -1.99. The van der Waals surface area contributed by atoms with E-state index in [0.29, 0.717) is 18.1 Å². The quantitative estimate of drug-likeness (QED) is 0.698. The van der Waals surface area contributed by atoms with Crippen LogP contribution in [0.1, 0.15) is 12.6 Å². The monoisotopic (exact) mass is 237 g/mol. The Kier molecular flexibility index (Phi) is 3.88. The normalized spacial score (nSPS) is 11.9. The third-order valence-corrected chi connectivity index (χ3v) is 3.75. The minimum atomic E-state index is -2.94. The molecular weight excluding hydrogens is 226 g/mol. The van der Waals surface area contributed by atoms with Crippen LogP contribution in [0.25, 0.3) is 0 Å². The highest BCUT2D eigenvalue weighted by atomic mass is 35.5. The first kappa shape index (κ1) is 11.5. The van der Waals surface area contributed by atoms with Crippen LogP contribution in [0.4, 0.5) is 0 Å². The molecular formula is C7H12ClN3O2S. The van der Waals surface area contributed by atoms with Gasteiger partial charge < -0.3 is 0 Å². The van der Waals surface area contributed by atoms with E-state index in [-0.39, 0.29) is 11.5 Å². The van der Waals surface area contributed by atoms with Gasteiger partial charge in [0.15, 0.2) is 9.84 Å². The van der Waals surface area contributed by atoms with Crippen molar-refractivity contribution in [2.24, 2.45) is 0 Å². The van der Waals surface area contributed by atoms with Crippen molar-refractivity contribution < 1.29 is 8.42 Å². The third kappa shape index (κ3) is 3.26. The highest BCUT2D eigenvalue weighted by Crippen LogP contribution is 1.98. The first-order chi connectivity index (χ1) is 6.57. The molecule has 0 spiro atoms. The van der Waals surface area contributed by atoms with Gasteiger partial charge in [-0.2, -0.15) is 0 Å². The zero-order valence-electron chi connectivity index (χ0n) is 7.85. The first-order valence-electron chi connectivity index (χ1n) is 4.23. The second-order valence-electron chi connectivity index (χ2n) is 2.84. The van der Waals surface area contributed by atoms with E-state index in [9.17, 15) is 8.42 Å². The van der Waals surface area contributed by atoms with Gasteiger partial charge in [-0.05, 0) is 0 Å². The van der Waals surface area contributed by atoms with Crippen molar-refractivity contribution in [3.8, 4) is 0 Å². The molecule has 1 heterocycles. The zero-order chi connectivity index (χ0) is 10.6. The van der Waals surface area contributed by atoms with Crippen LogP contribution < -0.4 is 0 Å². The lowest BCUT2D eigenvalue weighted by atomic mass is 10.5. The van der Waals surface area contributed by atoms with Gasteiger partial charge in [0.1, 0.15) is 0 Å². The number of alkyl halides is 1. The highest BCUT2D eigenvalue weighted by molar-refractivity contribution is 7.91. The Morgan fingerprint density at radius 1 is 1.57 bits per heavy atom. The van der Waals surface area contributed by atoms with Crippen LogP contribution in [0.2, 0.25) is 0 Å². The molecule has 0 saturated carbocycles. The average Bonchev–Trinajstić information content (AvgIpc) is 2.63. The Balaban J connectivity index is 2.54. The van der Waals surface area contributed by atoms with Crippen molar-refractivity contribution >= 4 is 21.4 Å². The summed E-state index contributed by atoms with van der Waals surface area (Å²) in [4.78, 5) is 0. The summed E-state index contributed by atoms with van der Waals surface area (Å²) in [5.41, 5.74) is 0.653. The maximum atomic E-state index is 11.2. The van der Waals surface area contributed by atoms with Gasteiger partial charge in [-0.25, -0.2) is 8.42 Å². The summed E-state index contributed by atoms with van der Waals surface area (Å²) in [5.74, 6) is 0.541. The standard InChI is InChI=1S/C7H12ClN3O2S/c1-2-14(12,13)4-3-11-6-7(5-8)9-10-11/h6H,2-5H2,1H3. The maximum absolute atomic E-state index is 11.2. The molecule has 0 radical (unpaired) electrons. The molecule has 0 aromatic carbocycles. The molecule has 14 heavy (non-hydrogen) atoms. The highest BCUT2D eigenvalue weighted by Gasteiger charge is 2.08. The van der Waals surface area contributed by atoms with Crippen molar-refractivity contribution in [3.63, 3.8) is 0 Å². The van der Waals surface area contributed by atoms with E-state index in [4.69, 9.17) is 11.6 Å². The van der Waals surface area contributed by atoms with Crippen molar-refractivity contribution in [2.45, 2.75) is 19.3 Å². The number of aromatic nitrogens is 3. The number of hydrogen-bond acceptors (Lipinski definition) is 4.